The van der Waals surface area contributed by atoms with E-state index >= 15 is 4.39 Å². The van der Waals surface area contributed by atoms with Crippen molar-refractivity contribution in [1.29, 1.82) is 0 Å². The summed E-state index contributed by atoms with van der Waals surface area (Å²) >= 11 is 0. The van der Waals surface area contributed by atoms with Crippen LogP contribution in [0.4, 0.5) is 4.39 Å². The molecule has 10 heteroatoms. The van der Waals surface area contributed by atoms with Crippen LogP contribution in [0.5, 0.6) is 0 Å². The standard InChI is InChI=1S/C21H27FN4O4S/c1-12(27)21(28)26-15-9-14(10-15)20(24-31(3,29)30)18(26)11-13-5-4-6-16(19(13)22)17-7-8-25(2)23-17/h4-8,12,14-15,18,20,24,27H,9-11H2,1-3H3/t12-,14?,15?,18+,20+/m1/s1. The van der Waals surface area contributed by atoms with Crippen molar-refractivity contribution in [1.82, 2.24) is 19.4 Å². The van der Waals surface area contributed by atoms with E-state index in [1.807, 2.05) is 0 Å². The van der Waals surface area contributed by atoms with E-state index in [0.717, 1.165) is 6.26 Å². The molecule has 1 aromatic heterocycles. The Morgan fingerprint density at radius 2 is 2.06 bits per heavy atom. The third-order valence-corrected chi connectivity index (χ3v) is 6.98. The molecule has 2 N–H and O–H groups in total. The van der Waals surface area contributed by atoms with E-state index in [9.17, 15) is 18.3 Å². The normalized spacial score (nSPS) is 26.4. The summed E-state index contributed by atoms with van der Waals surface area (Å²) in [4.78, 5) is 14.4. The van der Waals surface area contributed by atoms with E-state index in [4.69, 9.17) is 0 Å². The second kappa shape index (κ2) is 7.99. The van der Waals surface area contributed by atoms with Crippen LogP contribution in [0.15, 0.2) is 30.5 Å². The monoisotopic (exact) mass is 450 g/mol. The van der Waals surface area contributed by atoms with Crippen molar-refractivity contribution in [3.63, 3.8) is 0 Å². The van der Waals surface area contributed by atoms with Crippen molar-refractivity contribution in [2.24, 2.45) is 13.0 Å². The molecule has 1 aliphatic carbocycles. The summed E-state index contributed by atoms with van der Waals surface area (Å²) in [6.07, 6.45) is 3.05. The topological polar surface area (TPSA) is 105 Å². The number of aryl methyl sites for hydroxylation is 1. The molecule has 31 heavy (non-hydrogen) atoms. The van der Waals surface area contributed by atoms with Gasteiger partial charge in [-0.25, -0.2) is 17.5 Å². The number of rotatable bonds is 6. The Morgan fingerprint density at radius 1 is 1.35 bits per heavy atom. The third kappa shape index (κ3) is 4.24. The van der Waals surface area contributed by atoms with Gasteiger partial charge in [-0.05, 0) is 49.8 Å². The molecule has 0 spiro atoms. The molecule has 3 atom stereocenters. The molecule has 0 radical (unpaired) electrons. The molecule has 2 aromatic rings. The van der Waals surface area contributed by atoms with Gasteiger partial charge in [-0.2, -0.15) is 5.10 Å². The summed E-state index contributed by atoms with van der Waals surface area (Å²) in [5.41, 5.74) is 1.22. The van der Waals surface area contributed by atoms with Gasteiger partial charge in [-0.1, -0.05) is 12.1 Å². The van der Waals surface area contributed by atoms with E-state index < -0.39 is 39.9 Å². The minimum Gasteiger partial charge on any atom is -0.384 e. The molecular weight excluding hydrogens is 423 g/mol. The fourth-order valence-corrected chi connectivity index (χ4v) is 5.68. The summed E-state index contributed by atoms with van der Waals surface area (Å²) in [6.45, 7) is 1.39. The zero-order chi connectivity index (χ0) is 22.5. The van der Waals surface area contributed by atoms with Crippen LogP contribution in [0.25, 0.3) is 11.3 Å². The Bertz CT molecular complexity index is 1090. The molecule has 0 unspecified atom stereocenters. The predicted molar refractivity (Wildman–Crippen MR) is 113 cm³/mol. The van der Waals surface area contributed by atoms with Crippen molar-refractivity contribution in [2.75, 3.05) is 6.26 Å². The van der Waals surface area contributed by atoms with Gasteiger partial charge < -0.3 is 10.0 Å². The van der Waals surface area contributed by atoms with Gasteiger partial charge in [0, 0.05) is 30.9 Å². The SMILES string of the molecule is C[C@@H](O)C(=O)N1C2CC(C2)[C@H](NS(C)(=O)=O)[C@@H]1Cc1cccc(-c2ccn(C)n2)c1F. The average molecular weight is 451 g/mol. The number of benzene rings is 1. The van der Waals surface area contributed by atoms with Crippen molar-refractivity contribution in [3.8, 4) is 11.3 Å². The first kappa shape index (κ1) is 21.9. The lowest BCUT2D eigenvalue weighted by Crippen LogP contribution is -2.71. The van der Waals surface area contributed by atoms with Gasteiger partial charge in [0.2, 0.25) is 10.0 Å². The van der Waals surface area contributed by atoms with Gasteiger partial charge in [0.15, 0.2) is 0 Å². The number of aliphatic hydroxyl groups excluding tert-OH is 1. The Morgan fingerprint density at radius 3 is 2.65 bits per heavy atom. The molecule has 3 fully saturated rings. The van der Waals surface area contributed by atoms with E-state index in [0.29, 0.717) is 29.7 Å². The molecule has 1 aromatic carbocycles. The van der Waals surface area contributed by atoms with Gasteiger partial charge in [-0.3, -0.25) is 9.48 Å². The molecule has 5 rings (SSSR count). The second-order valence-corrected chi connectivity index (χ2v) is 10.4. The first-order valence-electron chi connectivity index (χ1n) is 10.3. The van der Waals surface area contributed by atoms with Gasteiger partial charge in [0.1, 0.15) is 11.9 Å². The molecule has 1 amide bonds. The molecule has 1 saturated carbocycles. The molecule has 3 heterocycles. The zero-order valence-electron chi connectivity index (χ0n) is 17.7. The van der Waals surface area contributed by atoms with Gasteiger partial charge in [-0.15, -0.1) is 0 Å². The molecule has 168 valence electrons. The zero-order valence-corrected chi connectivity index (χ0v) is 18.5. The van der Waals surface area contributed by atoms with E-state index in [1.54, 1.807) is 47.1 Å². The maximum atomic E-state index is 15.4. The van der Waals surface area contributed by atoms with Gasteiger partial charge in [0.05, 0.1) is 18.0 Å². The Hall–Kier alpha value is -2.30. The summed E-state index contributed by atoms with van der Waals surface area (Å²) in [5, 5.41) is 14.2. The van der Waals surface area contributed by atoms with Crippen LogP contribution in [0.3, 0.4) is 0 Å². The highest BCUT2D eigenvalue weighted by Gasteiger charge is 2.53. The van der Waals surface area contributed by atoms with Crippen molar-refractivity contribution >= 4 is 15.9 Å². The number of sulfonamides is 1. The fraction of sp³-hybridized carbons (Fsp3) is 0.524. The molecule has 2 saturated heterocycles. The Kier molecular flexibility index (Phi) is 5.65. The number of piperidine rings is 2. The van der Waals surface area contributed by atoms with Crippen LogP contribution in [-0.4, -0.2) is 64.6 Å². The minimum absolute atomic E-state index is 0.0725. The maximum absolute atomic E-state index is 15.4. The lowest BCUT2D eigenvalue weighted by Gasteiger charge is -2.58. The van der Waals surface area contributed by atoms with Crippen LogP contribution in [0.2, 0.25) is 0 Å². The summed E-state index contributed by atoms with van der Waals surface area (Å²) < 4.78 is 43.8. The number of carbonyl (C=O) groups is 1. The minimum atomic E-state index is -3.54. The molecule has 3 aliphatic rings. The summed E-state index contributed by atoms with van der Waals surface area (Å²) in [6, 6.07) is 5.52. The van der Waals surface area contributed by atoms with Crippen molar-refractivity contribution in [3.05, 3.63) is 41.8 Å². The van der Waals surface area contributed by atoms with Crippen LogP contribution < -0.4 is 4.72 Å². The fourth-order valence-electron chi connectivity index (χ4n) is 4.83. The van der Waals surface area contributed by atoms with Crippen LogP contribution in [0.1, 0.15) is 25.3 Å². The van der Waals surface area contributed by atoms with Crippen LogP contribution >= 0.6 is 0 Å². The number of nitrogens with zero attached hydrogens (tertiary/aromatic N) is 3. The smallest absolute Gasteiger partial charge is 0.251 e. The van der Waals surface area contributed by atoms with Gasteiger partial charge >= 0.3 is 0 Å². The quantitative estimate of drug-likeness (QED) is 0.685. The molecule has 8 nitrogen and oxygen atoms in total. The van der Waals surface area contributed by atoms with Crippen LogP contribution in [0, 0.1) is 11.7 Å². The maximum Gasteiger partial charge on any atom is 0.251 e. The number of fused-ring (bicyclic) bond motifs is 2. The third-order valence-electron chi connectivity index (χ3n) is 6.28. The lowest BCUT2D eigenvalue weighted by atomic mass is 9.66. The molecule has 2 aliphatic heterocycles. The largest absolute Gasteiger partial charge is 0.384 e. The highest BCUT2D eigenvalue weighted by atomic mass is 32.2. The Balaban J connectivity index is 1.71. The molecule has 2 bridgehead atoms. The van der Waals surface area contributed by atoms with Crippen LogP contribution in [-0.2, 0) is 28.3 Å². The number of halogens is 1. The van der Waals surface area contributed by atoms with Crippen molar-refractivity contribution < 1.29 is 22.7 Å². The first-order chi connectivity index (χ1) is 14.5. The van der Waals surface area contributed by atoms with E-state index in [-0.39, 0.29) is 18.4 Å². The number of nitrogens with one attached hydrogen (secondary N) is 1. The lowest BCUT2D eigenvalue weighted by molar-refractivity contribution is -0.157. The summed E-state index contributed by atoms with van der Waals surface area (Å²) in [7, 11) is -1.79. The highest BCUT2D eigenvalue weighted by Crippen LogP contribution is 2.44. The highest BCUT2D eigenvalue weighted by molar-refractivity contribution is 7.88. The number of carbonyl (C=O) groups excluding carboxylic acids is 1. The first-order valence-corrected chi connectivity index (χ1v) is 12.2. The van der Waals surface area contributed by atoms with E-state index in [2.05, 4.69) is 9.82 Å². The number of hydrogen-bond donors (Lipinski definition) is 2. The average Bonchev–Trinajstić information content (AvgIpc) is 3.07. The number of aromatic nitrogens is 2. The van der Waals surface area contributed by atoms with Crippen molar-refractivity contribution in [2.45, 2.75) is 50.4 Å². The number of amides is 1. The number of hydrogen-bond acceptors (Lipinski definition) is 5. The predicted octanol–water partition coefficient (Wildman–Crippen LogP) is 1.06. The second-order valence-electron chi connectivity index (χ2n) is 8.65. The summed E-state index contributed by atoms with van der Waals surface area (Å²) in [5.74, 6) is -0.831. The Labute approximate surface area is 181 Å². The van der Waals surface area contributed by atoms with Gasteiger partial charge in [0.25, 0.3) is 5.91 Å². The number of aliphatic hydroxyl groups is 1. The molecular formula is C21H27FN4O4S. The van der Waals surface area contributed by atoms with E-state index in [1.165, 1.54) is 6.92 Å².